The van der Waals surface area contributed by atoms with E-state index in [1.807, 2.05) is 18.4 Å². The first-order chi connectivity index (χ1) is 7.15. The van der Waals surface area contributed by atoms with E-state index in [2.05, 4.69) is 0 Å². The molecule has 0 spiro atoms. The number of nitrogens with zero attached hydrogens (tertiary/aromatic N) is 1. The highest BCUT2D eigenvalue weighted by molar-refractivity contribution is 7.12. The van der Waals surface area contributed by atoms with Gasteiger partial charge in [0.15, 0.2) is 0 Å². The first-order valence-corrected chi connectivity index (χ1v) is 5.57. The minimum absolute atomic E-state index is 0.00897. The Hall–Kier alpha value is -1.36. The monoisotopic (exact) mass is 227 g/mol. The number of carboxylic acid groups (broad SMARTS) is 1. The predicted octanol–water partition coefficient (Wildman–Crippen LogP) is 1.68. The van der Waals surface area contributed by atoms with Crippen LogP contribution in [0.2, 0.25) is 0 Å². The maximum absolute atomic E-state index is 11.8. The van der Waals surface area contributed by atoms with Crippen LogP contribution in [-0.4, -0.2) is 35.0 Å². The molecule has 0 atom stereocenters. The molecule has 5 heteroatoms. The van der Waals surface area contributed by atoms with Gasteiger partial charge in [0.1, 0.15) is 0 Å². The second-order valence-electron chi connectivity index (χ2n) is 3.01. The van der Waals surface area contributed by atoms with Crippen LogP contribution in [0.1, 0.15) is 23.0 Å². The molecule has 1 amide bonds. The van der Waals surface area contributed by atoms with E-state index in [0.29, 0.717) is 11.4 Å². The molecule has 1 heterocycles. The molecule has 0 aliphatic rings. The fraction of sp³-hybridized carbons (Fsp3) is 0.400. The number of rotatable bonds is 5. The molecular weight excluding hydrogens is 214 g/mol. The molecule has 0 fully saturated rings. The molecule has 1 N–H and O–H groups in total. The van der Waals surface area contributed by atoms with Gasteiger partial charge < -0.3 is 10.0 Å². The molecule has 0 saturated carbocycles. The fourth-order valence-corrected chi connectivity index (χ4v) is 1.88. The topological polar surface area (TPSA) is 57.6 Å². The second kappa shape index (κ2) is 5.50. The summed E-state index contributed by atoms with van der Waals surface area (Å²) in [6.07, 6.45) is -0.00897. The van der Waals surface area contributed by atoms with Gasteiger partial charge in [-0.3, -0.25) is 9.59 Å². The maximum atomic E-state index is 11.8. The van der Waals surface area contributed by atoms with Crippen molar-refractivity contribution in [1.29, 1.82) is 0 Å². The molecule has 1 aromatic rings. The van der Waals surface area contributed by atoms with Crippen LogP contribution in [-0.2, 0) is 4.79 Å². The summed E-state index contributed by atoms with van der Waals surface area (Å²) >= 11 is 1.37. The molecule has 1 aromatic heterocycles. The lowest BCUT2D eigenvalue weighted by Crippen LogP contribution is -2.32. The maximum Gasteiger partial charge on any atom is 0.305 e. The molecule has 0 radical (unpaired) electrons. The molecular formula is C10H13NO3S. The highest BCUT2D eigenvalue weighted by Crippen LogP contribution is 2.12. The summed E-state index contributed by atoms with van der Waals surface area (Å²) in [7, 11) is 0. The molecule has 0 aliphatic heterocycles. The molecule has 0 saturated heterocycles. The molecule has 0 aliphatic carbocycles. The minimum Gasteiger partial charge on any atom is -0.481 e. The van der Waals surface area contributed by atoms with Crippen LogP contribution in [0.25, 0.3) is 0 Å². The van der Waals surface area contributed by atoms with Gasteiger partial charge in [-0.05, 0) is 18.4 Å². The zero-order chi connectivity index (χ0) is 11.3. The van der Waals surface area contributed by atoms with Crippen LogP contribution in [0.4, 0.5) is 0 Å². The number of carbonyl (C=O) groups excluding carboxylic acids is 1. The van der Waals surface area contributed by atoms with Crippen LogP contribution in [0.5, 0.6) is 0 Å². The Bertz CT molecular complexity index is 334. The number of carboxylic acids is 1. The Labute approximate surface area is 92.1 Å². The van der Waals surface area contributed by atoms with Crippen molar-refractivity contribution in [2.75, 3.05) is 13.1 Å². The number of hydrogen-bond donors (Lipinski definition) is 1. The van der Waals surface area contributed by atoms with Gasteiger partial charge in [0, 0.05) is 13.1 Å². The average Bonchev–Trinajstić information content (AvgIpc) is 2.70. The van der Waals surface area contributed by atoms with Gasteiger partial charge in [-0.15, -0.1) is 11.3 Å². The van der Waals surface area contributed by atoms with Crippen molar-refractivity contribution in [2.24, 2.45) is 0 Å². The Balaban J connectivity index is 2.59. The molecule has 0 bridgehead atoms. The van der Waals surface area contributed by atoms with Gasteiger partial charge in [-0.2, -0.15) is 0 Å². The smallest absolute Gasteiger partial charge is 0.305 e. The summed E-state index contributed by atoms with van der Waals surface area (Å²) in [5.41, 5.74) is 0. The molecule has 0 aromatic carbocycles. The quantitative estimate of drug-likeness (QED) is 0.832. The van der Waals surface area contributed by atoms with Crippen molar-refractivity contribution >= 4 is 23.2 Å². The van der Waals surface area contributed by atoms with E-state index < -0.39 is 5.97 Å². The summed E-state index contributed by atoms with van der Waals surface area (Å²) in [5.74, 6) is -0.971. The Kier molecular flexibility index (Phi) is 4.30. The largest absolute Gasteiger partial charge is 0.481 e. The third-order valence-corrected chi connectivity index (χ3v) is 2.85. The van der Waals surface area contributed by atoms with Crippen LogP contribution < -0.4 is 0 Å². The van der Waals surface area contributed by atoms with E-state index in [4.69, 9.17) is 5.11 Å². The van der Waals surface area contributed by atoms with Crippen molar-refractivity contribution in [3.05, 3.63) is 22.4 Å². The highest BCUT2D eigenvalue weighted by atomic mass is 32.1. The summed E-state index contributed by atoms with van der Waals surface area (Å²) in [4.78, 5) is 24.4. The average molecular weight is 227 g/mol. The Morgan fingerprint density at radius 2 is 2.27 bits per heavy atom. The number of carbonyl (C=O) groups is 2. The van der Waals surface area contributed by atoms with Crippen LogP contribution in [0.3, 0.4) is 0 Å². The van der Waals surface area contributed by atoms with Gasteiger partial charge in [-0.1, -0.05) is 6.07 Å². The van der Waals surface area contributed by atoms with Crippen molar-refractivity contribution in [3.63, 3.8) is 0 Å². The van der Waals surface area contributed by atoms with E-state index in [9.17, 15) is 9.59 Å². The molecule has 82 valence electrons. The lowest BCUT2D eigenvalue weighted by atomic mass is 10.3. The molecule has 0 unspecified atom stereocenters. The lowest BCUT2D eigenvalue weighted by Gasteiger charge is -2.18. The molecule has 15 heavy (non-hydrogen) atoms. The van der Waals surface area contributed by atoms with Gasteiger partial charge in [-0.25, -0.2) is 0 Å². The van der Waals surface area contributed by atoms with E-state index >= 15 is 0 Å². The Morgan fingerprint density at radius 1 is 1.53 bits per heavy atom. The summed E-state index contributed by atoms with van der Waals surface area (Å²) in [5, 5.41) is 10.4. The van der Waals surface area contributed by atoms with Crippen molar-refractivity contribution in [2.45, 2.75) is 13.3 Å². The summed E-state index contributed by atoms with van der Waals surface area (Å²) < 4.78 is 0. The molecule has 4 nitrogen and oxygen atoms in total. The second-order valence-corrected chi connectivity index (χ2v) is 3.95. The van der Waals surface area contributed by atoms with Crippen molar-refractivity contribution in [1.82, 2.24) is 4.90 Å². The van der Waals surface area contributed by atoms with Crippen LogP contribution >= 0.6 is 11.3 Å². The van der Waals surface area contributed by atoms with E-state index in [0.717, 1.165) is 0 Å². The van der Waals surface area contributed by atoms with Crippen LogP contribution in [0, 0.1) is 0 Å². The van der Waals surface area contributed by atoms with E-state index in [1.54, 1.807) is 11.0 Å². The number of aliphatic carboxylic acids is 1. The Morgan fingerprint density at radius 3 is 2.73 bits per heavy atom. The van der Waals surface area contributed by atoms with Crippen LogP contribution in [0.15, 0.2) is 17.5 Å². The number of amides is 1. The number of hydrogen-bond acceptors (Lipinski definition) is 3. The SMILES string of the molecule is CCN(CCC(=O)O)C(=O)c1cccs1. The third-order valence-electron chi connectivity index (χ3n) is 2.00. The highest BCUT2D eigenvalue weighted by Gasteiger charge is 2.15. The van der Waals surface area contributed by atoms with Crippen molar-refractivity contribution < 1.29 is 14.7 Å². The third kappa shape index (κ3) is 3.36. The first kappa shape index (κ1) is 11.7. The fourth-order valence-electron chi connectivity index (χ4n) is 1.19. The van der Waals surface area contributed by atoms with Gasteiger partial charge in [0.2, 0.25) is 0 Å². The molecule has 1 rings (SSSR count). The predicted molar refractivity (Wildman–Crippen MR) is 58.1 cm³/mol. The van der Waals surface area contributed by atoms with Gasteiger partial charge in [0.05, 0.1) is 11.3 Å². The summed E-state index contributed by atoms with van der Waals surface area (Å²) in [6, 6.07) is 3.55. The minimum atomic E-state index is -0.882. The normalized spacial score (nSPS) is 9.93. The summed E-state index contributed by atoms with van der Waals surface area (Å²) in [6.45, 7) is 2.64. The first-order valence-electron chi connectivity index (χ1n) is 4.69. The van der Waals surface area contributed by atoms with Gasteiger partial charge in [0.25, 0.3) is 5.91 Å². The number of thiophene rings is 1. The van der Waals surface area contributed by atoms with E-state index in [-0.39, 0.29) is 18.9 Å². The van der Waals surface area contributed by atoms with Gasteiger partial charge >= 0.3 is 5.97 Å². The van der Waals surface area contributed by atoms with Crippen molar-refractivity contribution in [3.8, 4) is 0 Å². The lowest BCUT2D eigenvalue weighted by molar-refractivity contribution is -0.137. The standard InChI is InChI=1S/C10H13NO3S/c1-2-11(6-5-9(12)13)10(14)8-4-3-7-15-8/h3-4,7H,2,5-6H2,1H3,(H,12,13). The zero-order valence-corrected chi connectivity index (χ0v) is 9.29. The van der Waals surface area contributed by atoms with E-state index in [1.165, 1.54) is 11.3 Å². The zero-order valence-electron chi connectivity index (χ0n) is 8.47.